The van der Waals surface area contributed by atoms with E-state index in [4.69, 9.17) is 14.0 Å². The molecule has 1 unspecified atom stereocenters. The summed E-state index contributed by atoms with van der Waals surface area (Å²) in [5.74, 6) is 1.60. The number of ether oxygens (including phenoxy) is 2. The van der Waals surface area contributed by atoms with Crippen molar-refractivity contribution in [1.82, 2.24) is 10.5 Å². The van der Waals surface area contributed by atoms with Gasteiger partial charge in [0.1, 0.15) is 12.4 Å². The fraction of sp³-hybridized carbons (Fsp3) is 0.304. The molecule has 6 heteroatoms. The van der Waals surface area contributed by atoms with E-state index >= 15 is 0 Å². The summed E-state index contributed by atoms with van der Waals surface area (Å²) in [7, 11) is 1.55. The van der Waals surface area contributed by atoms with Gasteiger partial charge in [-0.15, -0.1) is 0 Å². The average molecular weight is 394 g/mol. The van der Waals surface area contributed by atoms with Crippen LogP contribution in [0.3, 0.4) is 0 Å². The van der Waals surface area contributed by atoms with Crippen molar-refractivity contribution in [3.63, 3.8) is 0 Å². The summed E-state index contributed by atoms with van der Waals surface area (Å²) in [6.07, 6.45) is 0. The Morgan fingerprint density at radius 2 is 1.90 bits per heavy atom. The smallest absolute Gasteiger partial charge is 0.251 e. The number of aromatic nitrogens is 1. The minimum Gasteiger partial charge on any atom is -0.493 e. The minimum absolute atomic E-state index is 0.106. The van der Waals surface area contributed by atoms with E-state index in [1.54, 1.807) is 25.3 Å². The van der Waals surface area contributed by atoms with E-state index < -0.39 is 0 Å². The quantitative estimate of drug-likeness (QED) is 0.630. The summed E-state index contributed by atoms with van der Waals surface area (Å²) in [6.45, 7) is 8.03. The first kappa shape index (κ1) is 20.5. The Labute approximate surface area is 170 Å². The van der Waals surface area contributed by atoms with Gasteiger partial charge in [0.2, 0.25) is 0 Å². The van der Waals surface area contributed by atoms with Crippen molar-refractivity contribution in [2.45, 2.75) is 40.3 Å². The number of hydrogen-bond acceptors (Lipinski definition) is 5. The highest BCUT2D eigenvalue weighted by molar-refractivity contribution is 5.95. The van der Waals surface area contributed by atoms with Crippen LogP contribution in [0.4, 0.5) is 0 Å². The molecule has 0 fully saturated rings. The van der Waals surface area contributed by atoms with Gasteiger partial charge in [-0.2, -0.15) is 0 Å². The molecule has 3 rings (SSSR count). The van der Waals surface area contributed by atoms with Crippen LogP contribution >= 0.6 is 0 Å². The van der Waals surface area contributed by atoms with E-state index in [0.29, 0.717) is 23.7 Å². The minimum atomic E-state index is -0.170. The van der Waals surface area contributed by atoms with Crippen molar-refractivity contribution in [3.8, 4) is 11.5 Å². The monoisotopic (exact) mass is 394 g/mol. The zero-order chi connectivity index (χ0) is 21.0. The van der Waals surface area contributed by atoms with Gasteiger partial charge in [0.05, 0.1) is 24.4 Å². The Bertz CT molecular complexity index is 990. The van der Waals surface area contributed by atoms with Gasteiger partial charge in [-0.1, -0.05) is 29.4 Å². The van der Waals surface area contributed by atoms with Crippen LogP contribution < -0.4 is 14.8 Å². The van der Waals surface area contributed by atoms with Crippen LogP contribution in [0, 0.1) is 20.8 Å². The highest BCUT2D eigenvalue weighted by Crippen LogP contribution is 2.30. The van der Waals surface area contributed by atoms with Crippen molar-refractivity contribution in [2.24, 2.45) is 0 Å². The molecule has 152 valence electrons. The molecule has 0 spiro atoms. The molecular formula is C23H26N2O4. The third kappa shape index (κ3) is 4.59. The van der Waals surface area contributed by atoms with Gasteiger partial charge < -0.3 is 19.3 Å². The second kappa shape index (κ2) is 8.82. The van der Waals surface area contributed by atoms with E-state index in [-0.39, 0.29) is 11.9 Å². The fourth-order valence-electron chi connectivity index (χ4n) is 3.22. The molecule has 1 atom stereocenters. The summed E-state index contributed by atoms with van der Waals surface area (Å²) in [5, 5.41) is 6.97. The third-order valence-electron chi connectivity index (χ3n) is 4.98. The zero-order valence-electron chi connectivity index (χ0n) is 17.4. The summed E-state index contributed by atoms with van der Waals surface area (Å²) >= 11 is 0. The van der Waals surface area contributed by atoms with Crippen LogP contribution in [-0.4, -0.2) is 18.2 Å². The van der Waals surface area contributed by atoms with Gasteiger partial charge in [0, 0.05) is 5.56 Å². The van der Waals surface area contributed by atoms with Crippen LogP contribution in [0.25, 0.3) is 0 Å². The van der Waals surface area contributed by atoms with Crippen molar-refractivity contribution in [3.05, 3.63) is 76.2 Å². The number of carbonyl (C=O) groups is 1. The van der Waals surface area contributed by atoms with E-state index in [1.807, 2.05) is 52.0 Å². The second-order valence-corrected chi connectivity index (χ2v) is 7.01. The van der Waals surface area contributed by atoms with Crippen molar-refractivity contribution in [2.75, 3.05) is 7.11 Å². The number of methoxy groups -OCH3 is 1. The number of carbonyl (C=O) groups excluding carboxylic acids is 1. The molecular weight excluding hydrogens is 368 g/mol. The first-order valence-corrected chi connectivity index (χ1v) is 9.49. The lowest BCUT2D eigenvalue weighted by Crippen LogP contribution is -2.27. The lowest BCUT2D eigenvalue weighted by molar-refractivity contribution is 0.0939. The van der Waals surface area contributed by atoms with E-state index in [1.165, 1.54) is 0 Å². The van der Waals surface area contributed by atoms with Gasteiger partial charge in [0.25, 0.3) is 5.91 Å². The Morgan fingerprint density at radius 3 is 2.55 bits per heavy atom. The maximum atomic E-state index is 12.7. The summed E-state index contributed by atoms with van der Waals surface area (Å²) < 4.78 is 16.5. The molecule has 1 amide bonds. The van der Waals surface area contributed by atoms with Crippen molar-refractivity contribution >= 4 is 5.91 Å². The molecule has 3 aromatic rings. The van der Waals surface area contributed by atoms with E-state index in [2.05, 4.69) is 10.5 Å². The number of amides is 1. The summed E-state index contributed by atoms with van der Waals surface area (Å²) in [5.41, 5.74) is 4.43. The number of benzene rings is 2. The molecule has 0 saturated carbocycles. The van der Waals surface area contributed by atoms with Crippen LogP contribution in [0.2, 0.25) is 0 Å². The molecule has 6 nitrogen and oxygen atoms in total. The Hall–Kier alpha value is -3.28. The van der Waals surface area contributed by atoms with Gasteiger partial charge in [-0.3, -0.25) is 4.79 Å². The van der Waals surface area contributed by atoms with E-state index in [9.17, 15) is 4.79 Å². The van der Waals surface area contributed by atoms with Crippen LogP contribution in [0.5, 0.6) is 11.5 Å². The topological polar surface area (TPSA) is 73.6 Å². The predicted molar refractivity (Wildman–Crippen MR) is 110 cm³/mol. The molecule has 0 saturated heterocycles. The molecule has 1 N–H and O–H groups in total. The fourth-order valence-corrected chi connectivity index (χ4v) is 3.22. The molecule has 0 bridgehead atoms. The first-order valence-electron chi connectivity index (χ1n) is 9.49. The number of rotatable bonds is 7. The zero-order valence-corrected chi connectivity index (χ0v) is 17.4. The molecule has 1 aromatic heterocycles. The maximum Gasteiger partial charge on any atom is 0.251 e. The van der Waals surface area contributed by atoms with Crippen LogP contribution in [-0.2, 0) is 6.61 Å². The summed E-state index contributed by atoms with van der Waals surface area (Å²) in [4.78, 5) is 12.7. The second-order valence-electron chi connectivity index (χ2n) is 7.01. The number of nitrogens with zero attached hydrogens (tertiary/aromatic N) is 1. The van der Waals surface area contributed by atoms with Crippen LogP contribution in [0.15, 0.2) is 47.0 Å². The average Bonchev–Trinajstić information content (AvgIpc) is 3.04. The molecule has 0 aliphatic rings. The van der Waals surface area contributed by atoms with Gasteiger partial charge in [0.15, 0.2) is 11.5 Å². The molecule has 2 aromatic carbocycles. The van der Waals surface area contributed by atoms with Gasteiger partial charge in [-0.05, 0) is 57.0 Å². The largest absolute Gasteiger partial charge is 0.493 e. The number of nitrogens with one attached hydrogen (secondary N) is 1. The maximum absolute atomic E-state index is 12.7. The Morgan fingerprint density at radius 1 is 1.14 bits per heavy atom. The van der Waals surface area contributed by atoms with Gasteiger partial charge in [-0.25, -0.2) is 0 Å². The lowest BCUT2D eigenvalue weighted by Gasteiger charge is -2.17. The van der Waals surface area contributed by atoms with E-state index in [0.717, 1.165) is 28.1 Å². The molecule has 29 heavy (non-hydrogen) atoms. The Kier molecular flexibility index (Phi) is 6.22. The Balaban J connectivity index is 1.72. The summed E-state index contributed by atoms with van der Waals surface area (Å²) in [6, 6.07) is 13.1. The predicted octanol–water partition coefficient (Wildman–Crippen LogP) is 4.68. The SMILES string of the molecule is COc1cc(C(=O)NC(C)c2ccccc2C)ccc1OCc1c(C)noc1C. The highest BCUT2D eigenvalue weighted by Gasteiger charge is 2.16. The normalized spacial score (nSPS) is 11.8. The van der Waals surface area contributed by atoms with Crippen molar-refractivity contribution < 1.29 is 18.8 Å². The van der Waals surface area contributed by atoms with Crippen molar-refractivity contribution in [1.29, 1.82) is 0 Å². The first-order chi connectivity index (χ1) is 13.9. The molecule has 0 radical (unpaired) electrons. The molecule has 0 aliphatic carbocycles. The van der Waals surface area contributed by atoms with Crippen LogP contribution in [0.1, 0.15) is 51.5 Å². The lowest BCUT2D eigenvalue weighted by atomic mass is 10.0. The molecule has 1 heterocycles. The molecule has 0 aliphatic heterocycles. The van der Waals surface area contributed by atoms with Gasteiger partial charge >= 0.3 is 0 Å². The number of aryl methyl sites for hydroxylation is 3. The number of hydrogen-bond donors (Lipinski definition) is 1. The standard InChI is InChI=1S/C23H26N2O4/c1-14-8-6-7-9-19(14)15(2)24-23(26)18-10-11-21(22(12-18)27-5)28-13-20-16(3)25-29-17(20)4/h6-12,15H,13H2,1-5H3,(H,24,26). The third-order valence-corrected chi connectivity index (χ3v) is 4.98. The highest BCUT2D eigenvalue weighted by atomic mass is 16.5.